The van der Waals surface area contributed by atoms with E-state index in [1.165, 1.54) is 37.9 Å². The number of hydrogen-bond donors (Lipinski definition) is 1. The SMILES string of the molecule is CN=C(NCC1CCN(C)CC1)N1CCC(COCc2ccccc2)C1.I. The molecule has 2 aliphatic heterocycles. The van der Waals surface area contributed by atoms with Gasteiger partial charge in [-0.15, -0.1) is 24.0 Å². The Balaban J connectivity index is 0.00000261. The molecule has 0 aliphatic carbocycles. The fourth-order valence-electron chi connectivity index (χ4n) is 3.91. The summed E-state index contributed by atoms with van der Waals surface area (Å²) in [6.45, 7) is 7.14. The maximum Gasteiger partial charge on any atom is 0.193 e. The lowest BCUT2D eigenvalue weighted by atomic mass is 9.97. The van der Waals surface area contributed by atoms with Crippen molar-refractivity contribution >= 4 is 29.9 Å². The zero-order chi connectivity index (χ0) is 18.2. The van der Waals surface area contributed by atoms with Crippen LogP contribution in [0.15, 0.2) is 35.3 Å². The van der Waals surface area contributed by atoms with E-state index in [9.17, 15) is 0 Å². The van der Waals surface area contributed by atoms with Gasteiger partial charge in [0.1, 0.15) is 0 Å². The van der Waals surface area contributed by atoms with E-state index in [2.05, 4.69) is 51.4 Å². The number of likely N-dealkylation sites (tertiary alicyclic amines) is 2. The Morgan fingerprint density at radius 3 is 2.52 bits per heavy atom. The first-order chi connectivity index (χ1) is 12.7. The molecule has 5 nitrogen and oxygen atoms in total. The summed E-state index contributed by atoms with van der Waals surface area (Å²) in [5, 5.41) is 3.61. The van der Waals surface area contributed by atoms with Gasteiger partial charge in [-0.05, 0) is 50.9 Å². The van der Waals surface area contributed by atoms with E-state index in [0.29, 0.717) is 12.5 Å². The molecule has 0 spiro atoms. The van der Waals surface area contributed by atoms with E-state index < -0.39 is 0 Å². The van der Waals surface area contributed by atoms with E-state index in [1.807, 2.05) is 13.1 Å². The zero-order valence-corrected chi connectivity index (χ0v) is 19.1. The van der Waals surface area contributed by atoms with Crippen molar-refractivity contribution in [2.75, 3.05) is 53.4 Å². The third-order valence-electron chi connectivity index (χ3n) is 5.65. The molecule has 0 aromatic heterocycles. The molecule has 152 valence electrons. The van der Waals surface area contributed by atoms with Crippen molar-refractivity contribution < 1.29 is 4.74 Å². The number of nitrogens with one attached hydrogen (secondary N) is 1. The third kappa shape index (κ3) is 7.23. The average Bonchev–Trinajstić information content (AvgIpc) is 3.13. The topological polar surface area (TPSA) is 40.1 Å². The molecule has 1 unspecified atom stereocenters. The van der Waals surface area contributed by atoms with Gasteiger partial charge in [0.05, 0.1) is 13.2 Å². The lowest BCUT2D eigenvalue weighted by Gasteiger charge is -2.30. The number of hydrogen-bond acceptors (Lipinski definition) is 3. The number of benzene rings is 1. The van der Waals surface area contributed by atoms with Crippen LogP contribution >= 0.6 is 24.0 Å². The molecule has 0 radical (unpaired) electrons. The number of nitrogens with zero attached hydrogens (tertiary/aromatic N) is 3. The van der Waals surface area contributed by atoms with E-state index in [4.69, 9.17) is 4.74 Å². The summed E-state index contributed by atoms with van der Waals surface area (Å²) in [4.78, 5) is 9.33. The second kappa shape index (κ2) is 11.9. The van der Waals surface area contributed by atoms with Gasteiger partial charge in [-0.3, -0.25) is 4.99 Å². The number of piperidine rings is 1. The Kier molecular flexibility index (Phi) is 9.86. The standard InChI is InChI=1S/C21H34N4O.HI/c1-22-21(23-14-18-8-11-24(2)12-9-18)25-13-10-20(15-25)17-26-16-19-6-4-3-5-7-19;/h3-7,18,20H,8-17H2,1-2H3,(H,22,23);1H. The minimum Gasteiger partial charge on any atom is -0.376 e. The summed E-state index contributed by atoms with van der Waals surface area (Å²) >= 11 is 0. The van der Waals surface area contributed by atoms with Crippen LogP contribution in [-0.4, -0.2) is 69.2 Å². The van der Waals surface area contributed by atoms with Crippen molar-refractivity contribution in [3.05, 3.63) is 35.9 Å². The normalized spacial score (nSPS) is 21.9. The fourth-order valence-corrected chi connectivity index (χ4v) is 3.91. The number of aliphatic imine (C=N–C) groups is 1. The molecule has 2 heterocycles. The zero-order valence-electron chi connectivity index (χ0n) is 16.8. The van der Waals surface area contributed by atoms with Crippen molar-refractivity contribution in [2.45, 2.75) is 25.9 Å². The lowest BCUT2D eigenvalue weighted by Crippen LogP contribution is -2.43. The minimum absolute atomic E-state index is 0. The molecule has 0 saturated carbocycles. The molecule has 2 saturated heterocycles. The van der Waals surface area contributed by atoms with E-state index in [0.717, 1.165) is 38.1 Å². The monoisotopic (exact) mass is 486 g/mol. The van der Waals surface area contributed by atoms with Crippen LogP contribution in [0, 0.1) is 11.8 Å². The van der Waals surface area contributed by atoms with Crippen molar-refractivity contribution in [3.63, 3.8) is 0 Å². The van der Waals surface area contributed by atoms with Crippen molar-refractivity contribution in [2.24, 2.45) is 16.8 Å². The Labute approximate surface area is 181 Å². The first kappa shape index (κ1) is 22.4. The Bertz CT molecular complexity index is 561. The van der Waals surface area contributed by atoms with Crippen molar-refractivity contribution in [3.8, 4) is 0 Å². The summed E-state index contributed by atoms with van der Waals surface area (Å²) in [7, 11) is 4.11. The summed E-state index contributed by atoms with van der Waals surface area (Å²) in [5.41, 5.74) is 1.25. The van der Waals surface area contributed by atoms with E-state index in [1.54, 1.807) is 0 Å². The van der Waals surface area contributed by atoms with Crippen LogP contribution < -0.4 is 5.32 Å². The van der Waals surface area contributed by atoms with Crippen LogP contribution in [0.3, 0.4) is 0 Å². The van der Waals surface area contributed by atoms with Crippen molar-refractivity contribution in [1.29, 1.82) is 0 Å². The highest BCUT2D eigenvalue weighted by Crippen LogP contribution is 2.18. The molecule has 0 bridgehead atoms. The van der Waals surface area contributed by atoms with Crippen LogP contribution in [0.2, 0.25) is 0 Å². The maximum absolute atomic E-state index is 5.94. The number of ether oxygens (including phenoxy) is 1. The average molecular weight is 486 g/mol. The Morgan fingerprint density at radius 2 is 1.81 bits per heavy atom. The molecule has 1 aromatic rings. The Hall–Kier alpha value is -0.860. The minimum atomic E-state index is 0. The molecule has 27 heavy (non-hydrogen) atoms. The van der Waals surface area contributed by atoms with Gasteiger partial charge in [-0.25, -0.2) is 0 Å². The number of halogens is 1. The summed E-state index contributed by atoms with van der Waals surface area (Å²) in [6, 6.07) is 10.4. The van der Waals surface area contributed by atoms with Gasteiger partial charge < -0.3 is 19.9 Å². The summed E-state index contributed by atoms with van der Waals surface area (Å²) in [5.74, 6) is 2.44. The quantitative estimate of drug-likeness (QED) is 0.381. The molecule has 6 heteroatoms. The van der Waals surface area contributed by atoms with Crippen molar-refractivity contribution in [1.82, 2.24) is 15.1 Å². The highest BCUT2D eigenvalue weighted by atomic mass is 127. The van der Waals surface area contributed by atoms with Crippen LogP contribution in [0.25, 0.3) is 0 Å². The highest BCUT2D eigenvalue weighted by molar-refractivity contribution is 14.0. The first-order valence-electron chi connectivity index (χ1n) is 10.0. The molecular formula is C21H35IN4O. The van der Waals surface area contributed by atoms with Gasteiger partial charge in [0.2, 0.25) is 0 Å². The molecule has 0 amide bonds. The molecule has 1 N–H and O–H groups in total. The van der Waals surface area contributed by atoms with E-state index in [-0.39, 0.29) is 24.0 Å². The smallest absolute Gasteiger partial charge is 0.193 e. The van der Waals surface area contributed by atoms with Gasteiger partial charge in [0, 0.05) is 32.6 Å². The number of rotatable bonds is 6. The van der Waals surface area contributed by atoms with E-state index >= 15 is 0 Å². The molecule has 3 rings (SSSR count). The molecule has 2 aliphatic rings. The largest absolute Gasteiger partial charge is 0.376 e. The van der Waals surface area contributed by atoms with Crippen LogP contribution in [0.5, 0.6) is 0 Å². The maximum atomic E-state index is 5.94. The molecule has 1 atom stereocenters. The Morgan fingerprint density at radius 1 is 1.11 bits per heavy atom. The first-order valence-corrected chi connectivity index (χ1v) is 10.0. The number of guanidine groups is 1. The summed E-state index contributed by atoms with van der Waals surface area (Å²) in [6.07, 6.45) is 3.76. The molecular weight excluding hydrogens is 451 g/mol. The highest BCUT2D eigenvalue weighted by Gasteiger charge is 2.25. The van der Waals surface area contributed by atoms with Gasteiger partial charge in [-0.2, -0.15) is 0 Å². The molecule has 2 fully saturated rings. The third-order valence-corrected chi connectivity index (χ3v) is 5.65. The van der Waals surface area contributed by atoms with Crippen LogP contribution in [-0.2, 0) is 11.3 Å². The lowest BCUT2D eigenvalue weighted by molar-refractivity contribution is 0.0906. The van der Waals surface area contributed by atoms with Crippen LogP contribution in [0.4, 0.5) is 0 Å². The predicted octanol–water partition coefficient (Wildman–Crippen LogP) is 3.06. The summed E-state index contributed by atoms with van der Waals surface area (Å²) < 4.78 is 5.94. The fraction of sp³-hybridized carbons (Fsp3) is 0.667. The second-order valence-electron chi connectivity index (χ2n) is 7.78. The van der Waals surface area contributed by atoms with Crippen LogP contribution in [0.1, 0.15) is 24.8 Å². The van der Waals surface area contributed by atoms with Gasteiger partial charge in [0.15, 0.2) is 5.96 Å². The van der Waals surface area contributed by atoms with Gasteiger partial charge in [0.25, 0.3) is 0 Å². The molecule has 1 aromatic carbocycles. The van der Waals surface area contributed by atoms with Gasteiger partial charge in [-0.1, -0.05) is 30.3 Å². The predicted molar refractivity (Wildman–Crippen MR) is 123 cm³/mol. The van der Waals surface area contributed by atoms with Gasteiger partial charge >= 0.3 is 0 Å². The second-order valence-corrected chi connectivity index (χ2v) is 7.78.